The van der Waals surface area contributed by atoms with E-state index in [1.54, 1.807) is 22.7 Å². The van der Waals surface area contributed by atoms with Gasteiger partial charge in [0.1, 0.15) is 10.6 Å². The predicted molar refractivity (Wildman–Crippen MR) is 89.3 cm³/mol. The number of aliphatic hydroxyl groups excluding tert-OH is 1. The Morgan fingerprint density at radius 1 is 1.24 bits per heavy atom. The maximum absolute atomic E-state index is 10.2. The Balaban J connectivity index is 1.80. The molecule has 0 aliphatic heterocycles. The van der Waals surface area contributed by atoms with Crippen molar-refractivity contribution in [2.24, 2.45) is 0 Å². The summed E-state index contributed by atoms with van der Waals surface area (Å²) in [5.74, 6) is 1.37. The van der Waals surface area contributed by atoms with Gasteiger partial charge < -0.3 is 15.7 Å². The first-order chi connectivity index (χ1) is 10.3. The molecule has 0 radical (unpaired) electrons. The van der Waals surface area contributed by atoms with E-state index >= 15 is 0 Å². The van der Waals surface area contributed by atoms with E-state index in [4.69, 9.17) is 0 Å². The first-order valence-electron chi connectivity index (χ1n) is 6.71. The molecular weight excluding hydrogens is 304 g/mol. The van der Waals surface area contributed by atoms with Crippen molar-refractivity contribution in [2.45, 2.75) is 13.0 Å². The zero-order chi connectivity index (χ0) is 14.7. The summed E-state index contributed by atoms with van der Waals surface area (Å²) in [6.45, 7) is 3.20. The molecule has 0 amide bonds. The lowest BCUT2D eigenvalue weighted by molar-refractivity contribution is 0.192. The van der Waals surface area contributed by atoms with Gasteiger partial charge >= 0.3 is 0 Å². The number of aliphatic hydroxyl groups is 1. The fourth-order valence-electron chi connectivity index (χ4n) is 2.00. The van der Waals surface area contributed by atoms with Gasteiger partial charge in [0.2, 0.25) is 5.95 Å². The van der Waals surface area contributed by atoms with E-state index in [-0.39, 0.29) is 0 Å². The van der Waals surface area contributed by atoms with Gasteiger partial charge in [0.15, 0.2) is 0 Å². The molecule has 1 atom stereocenters. The lowest BCUT2D eigenvalue weighted by Gasteiger charge is -2.12. The second kappa shape index (κ2) is 6.38. The summed E-state index contributed by atoms with van der Waals surface area (Å²) in [5, 5.41) is 23.4. The first kappa shape index (κ1) is 14.2. The predicted octanol–water partition coefficient (Wildman–Crippen LogP) is 3.33. The van der Waals surface area contributed by atoms with E-state index in [1.165, 1.54) is 0 Å². The second-order valence-corrected chi connectivity index (χ2v) is 6.19. The van der Waals surface area contributed by atoms with Crippen LogP contribution in [0.25, 0.3) is 10.2 Å². The van der Waals surface area contributed by atoms with Crippen molar-refractivity contribution in [1.29, 1.82) is 0 Å². The van der Waals surface area contributed by atoms with Crippen LogP contribution in [0.2, 0.25) is 0 Å². The molecule has 21 heavy (non-hydrogen) atoms. The van der Waals surface area contributed by atoms with E-state index in [2.05, 4.69) is 20.6 Å². The first-order valence-corrected chi connectivity index (χ1v) is 8.53. The fourth-order valence-corrected chi connectivity index (χ4v) is 3.47. The standard InChI is InChI=1S/C14H16N4OS2/c1-2-15-14-17-12(10-4-6-21-13(10)18-14)16-7-11(19)9-3-5-20-8-9/h3-6,8,11,19H,2,7H2,1H3,(H2,15,16,17,18). The molecule has 3 heterocycles. The van der Waals surface area contributed by atoms with Gasteiger partial charge in [-0.05, 0) is 40.8 Å². The zero-order valence-electron chi connectivity index (χ0n) is 11.5. The van der Waals surface area contributed by atoms with Crippen LogP contribution in [0.4, 0.5) is 11.8 Å². The summed E-state index contributed by atoms with van der Waals surface area (Å²) < 4.78 is 0. The maximum atomic E-state index is 10.2. The Morgan fingerprint density at radius 2 is 2.14 bits per heavy atom. The average molecular weight is 320 g/mol. The van der Waals surface area contributed by atoms with Crippen molar-refractivity contribution in [3.63, 3.8) is 0 Å². The lowest BCUT2D eigenvalue weighted by Crippen LogP contribution is -2.13. The van der Waals surface area contributed by atoms with Crippen LogP contribution in [0.15, 0.2) is 28.3 Å². The molecular formula is C14H16N4OS2. The van der Waals surface area contributed by atoms with Crippen LogP contribution in [0, 0.1) is 0 Å². The van der Waals surface area contributed by atoms with Crippen molar-refractivity contribution in [1.82, 2.24) is 9.97 Å². The Hall–Kier alpha value is -1.70. The summed E-state index contributed by atoms with van der Waals surface area (Å²) in [4.78, 5) is 9.88. The van der Waals surface area contributed by atoms with E-state index in [0.717, 1.165) is 28.1 Å². The van der Waals surface area contributed by atoms with Crippen molar-refractivity contribution in [3.8, 4) is 0 Å². The smallest absolute Gasteiger partial charge is 0.226 e. The second-order valence-electron chi connectivity index (χ2n) is 4.52. The molecule has 5 nitrogen and oxygen atoms in total. The number of thiophene rings is 2. The highest BCUT2D eigenvalue weighted by Gasteiger charge is 2.12. The largest absolute Gasteiger partial charge is 0.387 e. The average Bonchev–Trinajstić information content (AvgIpc) is 3.15. The molecule has 3 aromatic rings. The van der Waals surface area contributed by atoms with Crippen LogP contribution in [0.1, 0.15) is 18.6 Å². The number of nitrogens with one attached hydrogen (secondary N) is 2. The van der Waals surface area contributed by atoms with Gasteiger partial charge in [-0.15, -0.1) is 11.3 Å². The number of aromatic nitrogens is 2. The topological polar surface area (TPSA) is 70.1 Å². The van der Waals surface area contributed by atoms with Gasteiger partial charge in [0.25, 0.3) is 0 Å². The Labute approximate surface area is 130 Å². The third-order valence-electron chi connectivity index (χ3n) is 3.05. The minimum atomic E-state index is -0.539. The number of hydrogen-bond acceptors (Lipinski definition) is 7. The third kappa shape index (κ3) is 3.15. The highest BCUT2D eigenvalue weighted by atomic mass is 32.1. The normalized spacial score (nSPS) is 12.5. The molecule has 0 saturated heterocycles. The van der Waals surface area contributed by atoms with Crippen molar-refractivity contribution < 1.29 is 5.11 Å². The molecule has 0 aliphatic rings. The third-order valence-corrected chi connectivity index (χ3v) is 4.56. The van der Waals surface area contributed by atoms with E-state index < -0.39 is 6.10 Å². The lowest BCUT2D eigenvalue weighted by atomic mass is 10.2. The fraction of sp³-hybridized carbons (Fsp3) is 0.286. The number of hydrogen-bond donors (Lipinski definition) is 3. The molecule has 7 heteroatoms. The Bertz CT molecular complexity index is 711. The van der Waals surface area contributed by atoms with Gasteiger partial charge in [-0.3, -0.25) is 0 Å². The number of anilines is 2. The maximum Gasteiger partial charge on any atom is 0.226 e. The monoisotopic (exact) mass is 320 g/mol. The van der Waals surface area contributed by atoms with Gasteiger partial charge in [0.05, 0.1) is 11.5 Å². The molecule has 3 rings (SSSR count). The van der Waals surface area contributed by atoms with Crippen LogP contribution in [0.5, 0.6) is 0 Å². The van der Waals surface area contributed by atoms with Crippen molar-refractivity contribution in [3.05, 3.63) is 33.8 Å². The minimum Gasteiger partial charge on any atom is -0.387 e. The van der Waals surface area contributed by atoms with Crippen LogP contribution < -0.4 is 10.6 Å². The molecule has 1 unspecified atom stereocenters. The highest BCUT2D eigenvalue weighted by Crippen LogP contribution is 2.27. The van der Waals surface area contributed by atoms with Gasteiger partial charge in [-0.1, -0.05) is 0 Å². The van der Waals surface area contributed by atoms with Gasteiger partial charge in [0, 0.05) is 13.1 Å². The summed E-state index contributed by atoms with van der Waals surface area (Å²) >= 11 is 3.16. The molecule has 0 aliphatic carbocycles. The van der Waals surface area contributed by atoms with Gasteiger partial charge in [-0.2, -0.15) is 16.3 Å². The molecule has 3 aromatic heterocycles. The summed E-state index contributed by atoms with van der Waals surface area (Å²) in [6, 6.07) is 3.93. The minimum absolute atomic E-state index is 0.421. The Kier molecular flexibility index (Phi) is 4.33. The van der Waals surface area contributed by atoms with E-state index in [1.807, 2.05) is 35.2 Å². The molecule has 0 bridgehead atoms. The van der Waals surface area contributed by atoms with Crippen LogP contribution in [-0.4, -0.2) is 28.2 Å². The van der Waals surface area contributed by atoms with Crippen molar-refractivity contribution >= 4 is 44.7 Å². The molecule has 0 spiro atoms. The van der Waals surface area contributed by atoms with Crippen molar-refractivity contribution in [2.75, 3.05) is 23.7 Å². The number of rotatable bonds is 6. The summed E-state index contributed by atoms with van der Waals surface area (Å²) in [6.07, 6.45) is -0.539. The Morgan fingerprint density at radius 3 is 2.90 bits per heavy atom. The SMILES string of the molecule is CCNc1nc(NCC(O)c2ccsc2)c2ccsc2n1. The molecule has 0 saturated carbocycles. The van der Waals surface area contributed by atoms with Crippen LogP contribution >= 0.6 is 22.7 Å². The van der Waals surface area contributed by atoms with Crippen LogP contribution in [0.3, 0.4) is 0 Å². The highest BCUT2D eigenvalue weighted by molar-refractivity contribution is 7.16. The molecule has 0 fully saturated rings. The van der Waals surface area contributed by atoms with Gasteiger partial charge in [-0.25, -0.2) is 4.98 Å². The molecule has 0 aromatic carbocycles. The summed E-state index contributed by atoms with van der Waals surface area (Å²) in [5.41, 5.74) is 0.926. The number of nitrogens with zero attached hydrogens (tertiary/aromatic N) is 2. The molecule has 3 N–H and O–H groups in total. The summed E-state index contributed by atoms with van der Waals surface area (Å²) in [7, 11) is 0. The number of fused-ring (bicyclic) bond motifs is 1. The molecule has 110 valence electrons. The quantitative estimate of drug-likeness (QED) is 0.650. The van der Waals surface area contributed by atoms with E-state index in [9.17, 15) is 5.11 Å². The van der Waals surface area contributed by atoms with E-state index in [0.29, 0.717) is 12.5 Å². The van der Waals surface area contributed by atoms with Crippen LogP contribution in [-0.2, 0) is 0 Å². The zero-order valence-corrected chi connectivity index (χ0v) is 13.2.